The smallest absolute Gasteiger partial charge is 0.122 e. The number of hydrogen-bond donors (Lipinski definition) is 1. The number of nitrogens with one attached hydrogen (secondary N) is 1. The number of nitrogens with zero attached hydrogens (tertiary/aromatic N) is 1. The monoisotopic (exact) mass is 256 g/mol. The van der Waals surface area contributed by atoms with Crippen LogP contribution in [-0.4, -0.2) is 18.6 Å². The number of hydrogen-bond acceptors (Lipinski definition) is 4. The van der Waals surface area contributed by atoms with Crippen LogP contribution in [0.3, 0.4) is 0 Å². The molecule has 98 valence electrons. The summed E-state index contributed by atoms with van der Waals surface area (Å²) < 4.78 is 5.42. The van der Waals surface area contributed by atoms with Gasteiger partial charge in [-0.15, -0.1) is 11.3 Å². The fourth-order valence-corrected chi connectivity index (χ4v) is 2.87. The van der Waals surface area contributed by atoms with E-state index in [-0.39, 0.29) is 6.10 Å². The van der Waals surface area contributed by atoms with Crippen molar-refractivity contribution in [3.63, 3.8) is 0 Å². The van der Waals surface area contributed by atoms with Gasteiger partial charge in [0.25, 0.3) is 0 Å². The minimum atomic E-state index is 0.151. The van der Waals surface area contributed by atoms with Gasteiger partial charge in [-0.3, -0.25) is 0 Å². The van der Waals surface area contributed by atoms with E-state index in [1.807, 2.05) is 0 Å². The lowest BCUT2D eigenvalue weighted by Crippen LogP contribution is -2.18. The fourth-order valence-electron chi connectivity index (χ4n) is 1.67. The highest BCUT2D eigenvalue weighted by Gasteiger charge is 2.15. The number of rotatable bonds is 7. The fraction of sp³-hybridized carbons (Fsp3) is 0.769. The van der Waals surface area contributed by atoms with Gasteiger partial charge < -0.3 is 10.1 Å². The van der Waals surface area contributed by atoms with E-state index in [0.29, 0.717) is 5.92 Å². The largest absolute Gasteiger partial charge is 0.374 e. The van der Waals surface area contributed by atoms with Gasteiger partial charge in [0.15, 0.2) is 0 Å². The Labute approximate surface area is 109 Å². The zero-order valence-electron chi connectivity index (χ0n) is 11.5. The van der Waals surface area contributed by atoms with E-state index in [1.54, 1.807) is 18.4 Å². The quantitative estimate of drug-likeness (QED) is 0.813. The summed E-state index contributed by atoms with van der Waals surface area (Å²) >= 11 is 1.77. The normalized spacial score (nSPS) is 13.3. The average Bonchev–Trinajstić information content (AvgIpc) is 2.62. The van der Waals surface area contributed by atoms with Crippen molar-refractivity contribution in [3.8, 4) is 0 Å². The first-order chi connectivity index (χ1) is 8.08. The molecule has 0 aliphatic heterocycles. The van der Waals surface area contributed by atoms with E-state index in [1.165, 1.54) is 4.88 Å². The van der Waals surface area contributed by atoms with Crippen LogP contribution in [-0.2, 0) is 11.3 Å². The van der Waals surface area contributed by atoms with Crippen molar-refractivity contribution in [2.75, 3.05) is 13.7 Å². The maximum atomic E-state index is 5.42. The molecule has 1 heterocycles. The van der Waals surface area contributed by atoms with E-state index in [0.717, 1.165) is 30.2 Å². The summed E-state index contributed by atoms with van der Waals surface area (Å²) in [7, 11) is 1.75. The number of thiazole rings is 1. The van der Waals surface area contributed by atoms with Crippen molar-refractivity contribution >= 4 is 11.3 Å². The van der Waals surface area contributed by atoms with Crippen LogP contribution >= 0.6 is 11.3 Å². The molecule has 1 atom stereocenters. The second-order valence-corrected chi connectivity index (χ2v) is 5.83. The summed E-state index contributed by atoms with van der Waals surface area (Å²) in [6.45, 7) is 10.6. The van der Waals surface area contributed by atoms with Crippen molar-refractivity contribution in [3.05, 3.63) is 15.6 Å². The van der Waals surface area contributed by atoms with Crippen LogP contribution in [0.25, 0.3) is 0 Å². The molecule has 0 saturated heterocycles. The van der Waals surface area contributed by atoms with Gasteiger partial charge in [0.1, 0.15) is 11.1 Å². The Kier molecular flexibility index (Phi) is 6.09. The molecule has 0 spiro atoms. The van der Waals surface area contributed by atoms with Crippen LogP contribution in [0, 0.1) is 12.8 Å². The third-order valence-electron chi connectivity index (χ3n) is 2.68. The molecule has 0 aromatic carbocycles. The third kappa shape index (κ3) is 4.37. The van der Waals surface area contributed by atoms with E-state index >= 15 is 0 Å². The van der Waals surface area contributed by atoms with E-state index < -0.39 is 0 Å². The Morgan fingerprint density at radius 2 is 2.12 bits per heavy atom. The zero-order chi connectivity index (χ0) is 12.8. The Morgan fingerprint density at radius 3 is 2.65 bits per heavy atom. The van der Waals surface area contributed by atoms with Gasteiger partial charge in [-0.05, 0) is 25.8 Å². The van der Waals surface area contributed by atoms with Crippen LogP contribution in [0.4, 0.5) is 0 Å². The molecule has 0 fully saturated rings. The maximum Gasteiger partial charge on any atom is 0.122 e. The summed E-state index contributed by atoms with van der Waals surface area (Å²) in [5.41, 5.74) is 1.14. The molecule has 17 heavy (non-hydrogen) atoms. The van der Waals surface area contributed by atoms with Crippen molar-refractivity contribution < 1.29 is 4.74 Å². The van der Waals surface area contributed by atoms with Gasteiger partial charge in [0.2, 0.25) is 0 Å². The molecule has 1 rings (SSSR count). The van der Waals surface area contributed by atoms with Crippen LogP contribution in [0.15, 0.2) is 0 Å². The minimum absolute atomic E-state index is 0.151. The molecule has 0 amide bonds. The van der Waals surface area contributed by atoms with Crippen molar-refractivity contribution in [1.29, 1.82) is 0 Å². The van der Waals surface area contributed by atoms with Gasteiger partial charge in [0.05, 0.1) is 5.69 Å². The summed E-state index contributed by atoms with van der Waals surface area (Å²) in [6, 6.07) is 0. The first kappa shape index (κ1) is 14.6. The van der Waals surface area contributed by atoms with Crippen LogP contribution in [0.1, 0.15) is 48.9 Å². The first-order valence-corrected chi connectivity index (χ1v) is 7.09. The van der Waals surface area contributed by atoms with Gasteiger partial charge >= 0.3 is 0 Å². The van der Waals surface area contributed by atoms with Crippen LogP contribution in [0.5, 0.6) is 0 Å². The maximum absolute atomic E-state index is 5.42. The molecule has 0 aliphatic carbocycles. The predicted octanol–water partition coefficient (Wildman–Crippen LogP) is 3.29. The number of aromatic nitrogens is 1. The van der Waals surface area contributed by atoms with E-state index in [4.69, 9.17) is 4.74 Å². The molecule has 0 bridgehead atoms. The molecule has 0 saturated carbocycles. The Hall–Kier alpha value is -0.450. The Morgan fingerprint density at radius 1 is 1.41 bits per heavy atom. The second kappa shape index (κ2) is 7.09. The van der Waals surface area contributed by atoms with Crippen LogP contribution < -0.4 is 5.32 Å². The summed E-state index contributed by atoms with van der Waals surface area (Å²) in [5.74, 6) is 0.685. The van der Waals surface area contributed by atoms with E-state index in [9.17, 15) is 0 Å². The molecular weight excluding hydrogens is 232 g/mol. The summed E-state index contributed by atoms with van der Waals surface area (Å²) in [6.07, 6.45) is 1.13. The van der Waals surface area contributed by atoms with Crippen molar-refractivity contribution in [1.82, 2.24) is 10.3 Å². The van der Waals surface area contributed by atoms with Crippen LogP contribution in [0.2, 0.25) is 0 Å². The van der Waals surface area contributed by atoms with Gasteiger partial charge in [-0.2, -0.15) is 0 Å². The zero-order valence-corrected chi connectivity index (χ0v) is 12.4. The van der Waals surface area contributed by atoms with Crippen molar-refractivity contribution in [2.45, 2.75) is 46.8 Å². The molecule has 3 nitrogen and oxygen atoms in total. The number of methoxy groups -OCH3 is 1. The first-order valence-electron chi connectivity index (χ1n) is 6.28. The van der Waals surface area contributed by atoms with Gasteiger partial charge in [0, 0.05) is 18.5 Å². The molecule has 1 aromatic rings. The van der Waals surface area contributed by atoms with Crippen molar-refractivity contribution in [2.24, 2.45) is 5.92 Å². The molecule has 0 aliphatic rings. The molecule has 4 heteroatoms. The minimum Gasteiger partial charge on any atom is -0.374 e. The molecular formula is C13H24N2OS. The number of ether oxygens (including phenoxy) is 1. The predicted molar refractivity (Wildman–Crippen MR) is 73.4 cm³/mol. The lowest BCUT2D eigenvalue weighted by molar-refractivity contribution is 0.0997. The van der Waals surface area contributed by atoms with E-state index in [2.05, 4.69) is 38.0 Å². The SMILES string of the molecule is CCC(OC)c1nc(C)c(CNCC(C)C)s1. The average molecular weight is 256 g/mol. The highest BCUT2D eigenvalue weighted by atomic mass is 32.1. The summed E-state index contributed by atoms with van der Waals surface area (Å²) in [4.78, 5) is 5.93. The van der Waals surface area contributed by atoms with Gasteiger partial charge in [-0.1, -0.05) is 20.8 Å². The Bertz CT molecular complexity index is 332. The second-order valence-electron chi connectivity index (χ2n) is 4.72. The van der Waals surface area contributed by atoms with Gasteiger partial charge in [-0.25, -0.2) is 4.98 Å². The Balaban J connectivity index is 2.61. The third-order valence-corrected chi connectivity index (χ3v) is 3.93. The standard InChI is InChI=1S/C13H24N2OS/c1-6-11(16-5)13-15-10(4)12(17-13)8-14-7-9(2)3/h9,11,14H,6-8H2,1-5H3. The molecule has 1 aromatic heterocycles. The lowest BCUT2D eigenvalue weighted by atomic mass is 10.2. The highest BCUT2D eigenvalue weighted by Crippen LogP contribution is 2.27. The highest BCUT2D eigenvalue weighted by molar-refractivity contribution is 7.11. The number of aryl methyl sites for hydroxylation is 1. The molecule has 1 unspecified atom stereocenters. The lowest BCUT2D eigenvalue weighted by Gasteiger charge is -2.08. The molecule has 1 N–H and O–H groups in total. The molecule has 0 radical (unpaired) electrons. The summed E-state index contributed by atoms with van der Waals surface area (Å²) in [5, 5.41) is 4.57. The topological polar surface area (TPSA) is 34.1 Å².